The first-order valence-corrected chi connectivity index (χ1v) is 8.03. The number of nitrogens with zero attached hydrogens (tertiary/aromatic N) is 2. The van der Waals surface area contributed by atoms with E-state index in [-0.39, 0.29) is 24.0 Å². The van der Waals surface area contributed by atoms with Crippen LogP contribution in [0, 0.1) is 12.3 Å². The van der Waals surface area contributed by atoms with Crippen molar-refractivity contribution in [3.05, 3.63) is 29.6 Å². The van der Waals surface area contributed by atoms with Gasteiger partial charge in [-0.1, -0.05) is 19.4 Å². The van der Waals surface area contributed by atoms with Crippen LogP contribution in [0.15, 0.2) is 23.3 Å². The van der Waals surface area contributed by atoms with E-state index in [2.05, 4.69) is 39.7 Å². The molecule has 1 saturated carbocycles. The molecule has 124 valence electrons. The van der Waals surface area contributed by atoms with E-state index in [1.54, 1.807) is 0 Å². The number of hydrogen-bond donors (Lipinski definition) is 2. The average Bonchev–Trinajstić information content (AvgIpc) is 2.46. The molecule has 22 heavy (non-hydrogen) atoms. The second-order valence-electron chi connectivity index (χ2n) is 6.12. The largest absolute Gasteiger partial charge is 0.356 e. The lowest BCUT2D eigenvalue weighted by Crippen LogP contribution is -2.46. The molecule has 1 aliphatic carbocycles. The van der Waals surface area contributed by atoms with Crippen LogP contribution in [0.5, 0.6) is 0 Å². The fourth-order valence-corrected chi connectivity index (χ4v) is 2.80. The molecule has 0 bridgehead atoms. The lowest BCUT2D eigenvalue weighted by Gasteiger charge is -2.41. The number of aliphatic imine (C=N–C) groups is 1. The number of rotatable bonds is 6. The van der Waals surface area contributed by atoms with Crippen LogP contribution >= 0.6 is 24.0 Å². The van der Waals surface area contributed by atoms with Crippen molar-refractivity contribution in [2.24, 2.45) is 10.4 Å². The maximum absolute atomic E-state index is 4.32. The summed E-state index contributed by atoms with van der Waals surface area (Å²) in [5.41, 5.74) is 2.83. The van der Waals surface area contributed by atoms with Crippen molar-refractivity contribution in [1.29, 1.82) is 0 Å². The number of aryl methyl sites for hydroxylation is 1. The van der Waals surface area contributed by atoms with Gasteiger partial charge in [-0.15, -0.1) is 24.0 Å². The van der Waals surface area contributed by atoms with Crippen molar-refractivity contribution in [2.75, 3.05) is 20.1 Å². The van der Waals surface area contributed by atoms with Gasteiger partial charge in [0.05, 0.1) is 0 Å². The minimum atomic E-state index is 0. The first-order chi connectivity index (χ1) is 10.2. The number of aromatic nitrogens is 1. The summed E-state index contributed by atoms with van der Waals surface area (Å²) in [6.45, 7) is 6.22. The van der Waals surface area contributed by atoms with Crippen molar-refractivity contribution in [1.82, 2.24) is 15.6 Å². The lowest BCUT2D eigenvalue weighted by molar-refractivity contribution is 0.131. The van der Waals surface area contributed by atoms with Crippen LogP contribution in [-0.4, -0.2) is 31.1 Å². The van der Waals surface area contributed by atoms with Gasteiger partial charge in [-0.05, 0) is 49.7 Å². The van der Waals surface area contributed by atoms with Gasteiger partial charge in [0, 0.05) is 32.0 Å². The van der Waals surface area contributed by atoms with Crippen LogP contribution in [0.4, 0.5) is 0 Å². The number of nitrogens with one attached hydrogen (secondary N) is 2. The van der Waals surface area contributed by atoms with Crippen LogP contribution in [0.2, 0.25) is 0 Å². The van der Waals surface area contributed by atoms with E-state index >= 15 is 0 Å². The standard InChI is InChI=1S/C17H28N4.HI/c1-4-17(9-5-10-17)13-21-16(18-3)19-11-8-15-7-6-14(2)20-12-15;/h6-7,12H,4-5,8-11,13H2,1-3H3,(H2,18,19,21);1H. The van der Waals surface area contributed by atoms with Crippen LogP contribution in [0.3, 0.4) is 0 Å². The molecule has 0 spiro atoms. The van der Waals surface area contributed by atoms with Gasteiger partial charge in [-0.3, -0.25) is 9.98 Å². The van der Waals surface area contributed by atoms with Crippen molar-refractivity contribution in [3.63, 3.8) is 0 Å². The molecule has 1 fully saturated rings. The van der Waals surface area contributed by atoms with Crippen LogP contribution < -0.4 is 10.6 Å². The Morgan fingerprint density at radius 3 is 2.59 bits per heavy atom. The number of pyridine rings is 1. The molecule has 4 nitrogen and oxygen atoms in total. The molecule has 1 heterocycles. The smallest absolute Gasteiger partial charge is 0.191 e. The Kier molecular flexibility index (Phi) is 8.14. The van der Waals surface area contributed by atoms with Gasteiger partial charge in [-0.25, -0.2) is 0 Å². The summed E-state index contributed by atoms with van der Waals surface area (Å²) in [5.74, 6) is 0.912. The molecule has 5 heteroatoms. The maximum atomic E-state index is 4.32. The maximum Gasteiger partial charge on any atom is 0.191 e. The Bertz CT molecular complexity index is 461. The van der Waals surface area contributed by atoms with Gasteiger partial charge in [0.2, 0.25) is 0 Å². The van der Waals surface area contributed by atoms with E-state index in [9.17, 15) is 0 Å². The Morgan fingerprint density at radius 1 is 1.32 bits per heavy atom. The topological polar surface area (TPSA) is 49.3 Å². The first-order valence-electron chi connectivity index (χ1n) is 8.03. The molecule has 0 aromatic carbocycles. The van der Waals surface area contributed by atoms with Crippen molar-refractivity contribution in [2.45, 2.75) is 46.0 Å². The minimum absolute atomic E-state index is 0. The summed E-state index contributed by atoms with van der Waals surface area (Å²) < 4.78 is 0. The summed E-state index contributed by atoms with van der Waals surface area (Å²) in [4.78, 5) is 8.63. The summed E-state index contributed by atoms with van der Waals surface area (Å²) in [6, 6.07) is 4.20. The van der Waals surface area contributed by atoms with Crippen LogP contribution in [0.1, 0.15) is 43.9 Å². The highest BCUT2D eigenvalue weighted by Gasteiger charge is 2.34. The third kappa shape index (κ3) is 5.41. The summed E-state index contributed by atoms with van der Waals surface area (Å²) in [7, 11) is 1.84. The highest BCUT2D eigenvalue weighted by Crippen LogP contribution is 2.42. The second kappa shape index (κ2) is 9.33. The van der Waals surface area contributed by atoms with E-state index in [1.807, 2.05) is 20.2 Å². The Hall–Kier alpha value is -0.850. The summed E-state index contributed by atoms with van der Waals surface area (Å²) >= 11 is 0. The van der Waals surface area contributed by atoms with Gasteiger partial charge >= 0.3 is 0 Å². The normalized spacial score (nSPS) is 16.4. The van der Waals surface area contributed by atoms with Crippen LogP contribution in [0.25, 0.3) is 0 Å². The third-order valence-electron chi connectivity index (χ3n) is 4.70. The third-order valence-corrected chi connectivity index (χ3v) is 4.70. The van der Waals surface area contributed by atoms with Gasteiger partial charge in [0.1, 0.15) is 0 Å². The molecule has 2 rings (SSSR count). The molecule has 0 saturated heterocycles. The molecule has 0 atom stereocenters. The van der Waals surface area contributed by atoms with Crippen molar-refractivity contribution in [3.8, 4) is 0 Å². The summed E-state index contributed by atoms with van der Waals surface area (Å²) in [6.07, 6.45) is 8.25. The fraction of sp³-hybridized carbons (Fsp3) is 0.647. The molecule has 2 N–H and O–H groups in total. The predicted octanol–water partition coefficient (Wildman–Crippen LogP) is 3.30. The number of guanidine groups is 1. The highest BCUT2D eigenvalue weighted by atomic mass is 127. The number of halogens is 1. The average molecular weight is 416 g/mol. The zero-order valence-corrected chi connectivity index (χ0v) is 16.3. The van der Waals surface area contributed by atoms with Gasteiger partial charge < -0.3 is 10.6 Å². The Morgan fingerprint density at radius 2 is 2.09 bits per heavy atom. The Labute approximate surface area is 151 Å². The van der Waals surface area contributed by atoms with E-state index < -0.39 is 0 Å². The molecular weight excluding hydrogens is 387 g/mol. The summed E-state index contributed by atoms with van der Waals surface area (Å²) in [5, 5.41) is 6.87. The second-order valence-corrected chi connectivity index (χ2v) is 6.12. The SMILES string of the molecule is CCC1(CNC(=NC)NCCc2ccc(C)nc2)CCC1.I. The minimum Gasteiger partial charge on any atom is -0.356 e. The monoisotopic (exact) mass is 416 g/mol. The van der Waals surface area contributed by atoms with Gasteiger partial charge in [0.15, 0.2) is 5.96 Å². The van der Waals surface area contributed by atoms with Gasteiger partial charge in [0.25, 0.3) is 0 Å². The Balaban J connectivity index is 0.00000242. The highest BCUT2D eigenvalue weighted by molar-refractivity contribution is 14.0. The van der Waals surface area contributed by atoms with E-state index in [0.29, 0.717) is 5.41 Å². The molecule has 0 aliphatic heterocycles. The molecule has 1 aromatic rings. The zero-order chi connectivity index (χ0) is 15.1. The molecular formula is C17H29IN4. The molecule has 0 unspecified atom stereocenters. The van der Waals surface area contributed by atoms with Crippen molar-refractivity contribution < 1.29 is 0 Å². The molecule has 0 radical (unpaired) electrons. The van der Waals surface area contributed by atoms with E-state index in [1.165, 1.54) is 31.2 Å². The predicted molar refractivity (Wildman–Crippen MR) is 104 cm³/mol. The number of hydrogen-bond acceptors (Lipinski definition) is 2. The van der Waals surface area contributed by atoms with Crippen LogP contribution in [-0.2, 0) is 6.42 Å². The van der Waals surface area contributed by atoms with E-state index in [4.69, 9.17) is 0 Å². The molecule has 0 amide bonds. The fourth-order valence-electron chi connectivity index (χ4n) is 2.80. The lowest BCUT2D eigenvalue weighted by atomic mass is 9.67. The zero-order valence-electron chi connectivity index (χ0n) is 14.0. The van der Waals surface area contributed by atoms with Crippen molar-refractivity contribution >= 4 is 29.9 Å². The van der Waals surface area contributed by atoms with Gasteiger partial charge in [-0.2, -0.15) is 0 Å². The molecule has 1 aliphatic rings. The van der Waals surface area contributed by atoms with E-state index in [0.717, 1.165) is 31.2 Å². The quantitative estimate of drug-likeness (QED) is 0.425. The first kappa shape index (κ1) is 19.2. The molecule has 1 aromatic heterocycles.